The van der Waals surface area contributed by atoms with Crippen molar-refractivity contribution < 1.29 is 0 Å². The second-order valence-electron chi connectivity index (χ2n) is 19.0. The molecule has 1 aromatic carbocycles. The van der Waals surface area contributed by atoms with Crippen molar-refractivity contribution in [2.24, 2.45) is 0 Å². The van der Waals surface area contributed by atoms with Gasteiger partial charge in [-0.25, -0.2) is 24.9 Å². The van der Waals surface area contributed by atoms with E-state index in [1.807, 2.05) is 97.3 Å². The van der Waals surface area contributed by atoms with Crippen LogP contribution in [0.4, 0.5) is 0 Å². The van der Waals surface area contributed by atoms with E-state index in [9.17, 15) is 0 Å². The predicted octanol–water partition coefficient (Wildman–Crippen LogP) is 17.0. The Labute approximate surface area is 433 Å². The van der Waals surface area contributed by atoms with E-state index in [1.54, 1.807) is 36.4 Å². The molecule has 8 aromatic rings. The molecular formula is C60H86N10S. The minimum Gasteiger partial charge on any atom is -0.269 e. The van der Waals surface area contributed by atoms with Gasteiger partial charge in [0.15, 0.2) is 0 Å². The first-order chi connectivity index (χ1) is 33.4. The molecule has 0 aliphatic carbocycles. The second-order valence-corrected chi connectivity index (χ2v) is 19.9. The van der Waals surface area contributed by atoms with Gasteiger partial charge in [-0.15, -0.1) is 11.3 Å². The van der Waals surface area contributed by atoms with E-state index in [2.05, 4.69) is 192 Å². The Morgan fingerprint density at radius 1 is 0.408 bits per heavy atom. The van der Waals surface area contributed by atoms with Crippen molar-refractivity contribution >= 4 is 11.3 Å². The van der Waals surface area contributed by atoms with E-state index in [1.165, 1.54) is 32.8 Å². The molecule has 11 heteroatoms. The SMILES string of the molecule is C.CC(C)c1ccccn1.CC(C)c1cccnc1.CC(C)c1ccncc1.CC(C)c1ccncn1.CC(C)c1cn(C(C)C)nc1-c1ccccc1.CC(C)c1cncnc1.CC(C)c1nccs1. The van der Waals surface area contributed by atoms with Crippen LogP contribution in [-0.2, 0) is 0 Å². The van der Waals surface area contributed by atoms with Crippen LogP contribution >= 0.6 is 11.3 Å². The van der Waals surface area contributed by atoms with E-state index in [4.69, 9.17) is 5.10 Å². The molecule has 71 heavy (non-hydrogen) atoms. The molecule has 0 radical (unpaired) electrons. The van der Waals surface area contributed by atoms with E-state index >= 15 is 0 Å². The van der Waals surface area contributed by atoms with Gasteiger partial charge in [-0.2, -0.15) is 5.10 Å². The summed E-state index contributed by atoms with van der Waals surface area (Å²) in [6.07, 6.45) is 21.8. The quantitative estimate of drug-likeness (QED) is 0.139. The van der Waals surface area contributed by atoms with Crippen LogP contribution in [0, 0.1) is 0 Å². The van der Waals surface area contributed by atoms with Gasteiger partial charge in [-0.05, 0) is 102 Å². The Morgan fingerprint density at radius 2 is 0.986 bits per heavy atom. The fourth-order valence-corrected chi connectivity index (χ4v) is 6.52. The normalized spacial score (nSPS) is 10.3. The molecule has 0 spiro atoms. The topological polar surface area (TPSA) is 121 Å². The van der Waals surface area contributed by atoms with Gasteiger partial charge in [0, 0.05) is 102 Å². The van der Waals surface area contributed by atoms with Gasteiger partial charge in [-0.3, -0.25) is 19.6 Å². The largest absolute Gasteiger partial charge is 0.269 e. The summed E-state index contributed by atoms with van der Waals surface area (Å²) in [5.41, 5.74) is 9.76. The van der Waals surface area contributed by atoms with Gasteiger partial charge >= 0.3 is 0 Å². The van der Waals surface area contributed by atoms with Crippen molar-refractivity contribution in [3.8, 4) is 11.3 Å². The lowest BCUT2D eigenvalue weighted by molar-refractivity contribution is 0.533. The summed E-state index contributed by atoms with van der Waals surface area (Å²) >= 11 is 1.72. The molecular weight excluding hydrogens is 893 g/mol. The molecule has 0 amide bonds. The summed E-state index contributed by atoms with van der Waals surface area (Å²) in [7, 11) is 0. The lowest BCUT2D eigenvalue weighted by Gasteiger charge is -2.04. The molecule has 382 valence electrons. The van der Waals surface area contributed by atoms with Crippen LogP contribution in [0.3, 0.4) is 0 Å². The molecule has 0 saturated carbocycles. The van der Waals surface area contributed by atoms with E-state index in [0.717, 1.165) is 17.1 Å². The number of rotatable bonds is 9. The van der Waals surface area contributed by atoms with Gasteiger partial charge in [0.25, 0.3) is 0 Å². The number of pyridine rings is 3. The van der Waals surface area contributed by atoms with Gasteiger partial charge in [-0.1, -0.05) is 147 Å². The van der Waals surface area contributed by atoms with E-state index in [0.29, 0.717) is 47.5 Å². The van der Waals surface area contributed by atoms with Crippen molar-refractivity contribution in [1.82, 2.24) is 49.7 Å². The molecule has 7 heterocycles. The minimum absolute atomic E-state index is 0. The molecule has 0 N–H and O–H groups in total. The first-order valence-corrected chi connectivity index (χ1v) is 25.6. The first kappa shape index (κ1) is 62.7. The third-order valence-corrected chi connectivity index (χ3v) is 11.4. The average Bonchev–Trinajstić information content (AvgIpc) is 4.10. The summed E-state index contributed by atoms with van der Waals surface area (Å²) in [5, 5.41) is 7.95. The summed E-state index contributed by atoms with van der Waals surface area (Å²) in [5.74, 6) is 3.89. The zero-order chi connectivity index (χ0) is 51.8. The molecule has 0 aliphatic heterocycles. The number of benzene rings is 1. The Balaban J connectivity index is 0.000000421. The molecule has 0 bridgehead atoms. The predicted molar refractivity (Wildman–Crippen MR) is 302 cm³/mol. The lowest BCUT2D eigenvalue weighted by Crippen LogP contribution is -2.00. The van der Waals surface area contributed by atoms with E-state index in [-0.39, 0.29) is 7.43 Å². The summed E-state index contributed by atoms with van der Waals surface area (Å²) < 4.78 is 2.05. The van der Waals surface area contributed by atoms with Crippen molar-refractivity contribution in [2.45, 2.75) is 166 Å². The van der Waals surface area contributed by atoms with Crippen LogP contribution in [0.1, 0.15) is 204 Å². The number of thiazole rings is 1. The first-order valence-electron chi connectivity index (χ1n) is 24.7. The van der Waals surface area contributed by atoms with Crippen molar-refractivity contribution in [1.29, 1.82) is 0 Å². The molecule has 7 aromatic heterocycles. The third-order valence-electron chi connectivity index (χ3n) is 10.4. The van der Waals surface area contributed by atoms with Gasteiger partial charge in [0.2, 0.25) is 0 Å². The zero-order valence-electron chi connectivity index (χ0n) is 45.0. The number of hydrogen-bond donors (Lipinski definition) is 0. The Kier molecular flexibility index (Phi) is 31.5. The third kappa shape index (κ3) is 25.9. The number of nitrogens with zero attached hydrogens (tertiary/aromatic N) is 10. The molecule has 10 nitrogen and oxygen atoms in total. The van der Waals surface area contributed by atoms with Crippen LogP contribution in [0.15, 0.2) is 159 Å². The maximum Gasteiger partial charge on any atom is 0.115 e. The molecule has 0 aliphatic rings. The average molecular weight is 979 g/mol. The summed E-state index contributed by atoms with van der Waals surface area (Å²) in [6.45, 7) is 34.5. The van der Waals surface area contributed by atoms with Crippen LogP contribution < -0.4 is 0 Å². The number of aromatic nitrogens is 10. The monoisotopic (exact) mass is 979 g/mol. The Bertz CT molecular complexity index is 2170. The highest BCUT2D eigenvalue weighted by Gasteiger charge is 2.15. The van der Waals surface area contributed by atoms with Gasteiger partial charge in [0.1, 0.15) is 12.7 Å². The fourth-order valence-electron chi connectivity index (χ4n) is 5.87. The lowest BCUT2D eigenvalue weighted by atomic mass is 10.00. The van der Waals surface area contributed by atoms with Gasteiger partial charge in [0.05, 0.1) is 10.7 Å². The highest BCUT2D eigenvalue weighted by atomic mass is 32.1. The molecule has 0 fully saturated rings. The van der Waals surface area contributed by atoms with E-state index < -0.39 is 0 Å². The highest BCUT2D eigenvalue weighted by Crippen LogP contribution is 2.29. The fraction of sp³-hybridized carbons (Fsp3) is 0.417. The highest BCUT2D eigenvalue weighted by molar-refractivity contribution is 7.09. The number of hydrogen-bond acceptors (Lipinski definition) is 10. The van der Waals surface area contributed by atoms with Crippen LogP contribution in [0.5, 0.6) is 0 Å². The van der Waals surface area contributed by atoms with Crippen molar-refractivity contribution in [3.05, 3.63) is 198 Å². The molecule has 0 unspecified atom stereocenters. The van der Waals surface area contributed by atoms with Crippen LogP contribution in [0.2, 0.25) is 0 Å². The molecule has 0 saturated heterocycles. The van der Waals surface area contributed by atoms with Gasteiger partial charge < -0.3 is 0 Å². The summed E-state index contributed by atoms with van der Waals surface area (Å²) in [4.78, 5) is 31.9. The minimum atomic E-state index is 0. The Hall–Kier alpha value is -6.33. The standard InChI is InChI=1S/C15H20N2.3C8H11N.2C7H10N2.C6H9NS.CH4/c1-11(2)14-10-17(12(3)4)16-15(14)13-8-6-5-7-9-13;1-7(2)8-3-5-9-6-4-8;1-7(2)8-4-3-5-9-6-8;1-7(2)8-5-3-4-6-9-8;1-6(2)7-3-8-5-9-4-7;1-6(2)7-3-4-8-5-9-7;1-5(2)6-7-3-4-8-6;/h5-12H,1-4H3;3*3-7H,1-2H3;2*3-6H,1-2H3;3-5H,1-2H3;1H4. The second kappa shape index (κ2) is 35.7. The molecule has 0 atom stereocenters. The maximum atomic E-state index is 4.72. The van der Waals surface area contributed by atoms with Crippen molar-refractivity contribution in [3.63, 3.8) is 0 Å². The summed E-state index contributed by atoms with van der Waals surface area (Å²) in [6, 6.07) is 26.9. The molecule has 8 rings (SSSR count). The van der Waals surface area contributed by atoms with Crippen LogP contribution in [-0.4, -0.2) is 49.7 Å². The van der Waals surface area contributed by atoms with Crippen LogP contribution in [0.25, 0.3) is 11.3 Å². The smallest absolute Gasteiger partial charge is 0.115 e. The maximum absolute atomic E-state index is 4.72. The Morgan fingerprint density at radius 3 is 1.35 bits per heavy atom. The van der Waals surface area contributed by atoms with Crippen molar-refractivity contribution in [2.75, 3.05) is 0 Å². The zero-order valence-corrected chi connectivity index (χ0v) is 45.8.